The molecule has 1 atom stereocenters. The number of halogens is 1. The van der Waals surface area contributed by atoms with Gasteiger partial charge in [0.1, 0.15) is 5.82 Å². The van der Waals surface area contributed by atoms with Crippen molar-refractivity contribution >= 4 is 17.6 Å². The molecule has 0 aliphatic rings. The summed E-state index contributed by atoms with van der Waals surface area (Å²) >= 11 is 0. The molecule has 0 bridgehead atoms. The van der Waals surface area contributed by atoms with Gasteiger partial charge in [-0.05, 0) is 31.0 Å². The third-order valence-corrected chi connectivity index (χ3v) is 3.24. The quantitative estimate of drug-likeness (QED) is 0.801. The summed E-state index contributed by atoms with van der Waals surface area (Å²) in [5, 5.41) is 11.4. The summed E-state index contributed by atoms with van der Waals surface area (Å²) < 4.78 is 13.6. The lowest BCUT2D eigenvalue weighted by Gasteiger charge is -2.15. The van der Waals surface area contributed by atoms with Crippen LogP contribution in [0.15, 0.2) is 18.2 Å². The molecule has 1 aromatic carbocycles. The van der Waals surface area contributed by atoms with Crippen LogP contribution in [0.5, 0.6) is 0 Å². The number of nitrogens with one attached hydrogen (secondary N) is 1. The molecule has 20 heavy (non-hydrogen) atoms. The lowest BCUT2D eigenvalue weighted by atomic mass is 9.98. The third-order valence-electron chi connectivity index (χ3n) is 3.24. The summed E-state index contributed by atoms with van der Waals surface area (Å²) in [5.41, 5.74) is -0.131. The van der Waals surface area contributed by atoms with Crippen molar-refractivity contribution in [2.45, 2.75) is 39.5 Å². The first kappa shape index (κ1) is 16.1. The van der Waals surface area contributed by atoms with Crippen molar-refractivity contribution in [1.29, 1.82) is 0 Å². The van der Waals surface area contributed by atoms with Crippen molar-refractivity contribution in [2.24, 2.45) is 5.92 Å². The summed E-state index contributed by atoms with van der Waals surface area (Å²) in [6, 6.07) is 3.36. The fourth-order valence-electron chi connectivity index (χ4n) is 1.96. The number of hydrogen-bond acceptors (Lipinski definition) is 2. The van der Waals surface area contributed by atoms with E-state index in [2.05, 4.69) is 5.32 Å². The van der Waals surface area contributed by atoms with Gasteiger partial charge in [0.15, 0.2) is 0 Å². The number of carbonyl (C=O) groups is 2. The van der Waals surface area contributed by atoms with Crippen LogP contribution < -0.4 is 5.32 Å². The second-order valence-corrected chi connectivity index (χ2v) is 4.74. The monoisotopic (exact) mass is 281 g/mol. The Labute approximate surface area is 118 Å². The highest BCUT2D eigenvalue weighted by molar-refractivity contribution is 5.95. The molecule has 1 unspecified atom stereocenters. The van der Waals surface area contributed by atoms with Crippen LogP contribution in [0.25, 0.3) is 0 Å². The molecule has 2 N–H and O–H groups in total. The first-order chi connectivity index (χ1) is 9.49. The van der Waals surface area contributed by atoms with Gasteiger partial charge in [-0.25, -0.2) is 9.18 Å². The molecule has 0 saturated carbocycles. The van der Waals surface area contributed by atoms with Crippen molar-refractivity contribution in [1.82, 2.24) is 0 Å². The lowest BCUT2D eigenvalue weighted by molar-refractivity contribution is -0.120. The molecular formula is C15H20FNO3. The first-order valence-electron chi connectivity index (χ1n) is 6.83. The van der Waals surface area contributed by atoms with Crippen LogP contribution >= 0.6 is 0 Å². The van der Waals surface area contributed by atoms with Gasteiger partial charge in [-0.3, -0.25) is 4.79 Å². The van der Waals surface area contributed by atoms with Crippen molar-refractivity contribution in [3.05, 3.63) is 29.6 Å². The van der Waals surface area contributed by atoms with E-state index in [-0.39, 0.29) is 23.1 Å². The molecule has 4 nitrogen and oxygen atoms in total. The smallest absolute Gasteiger partial charge is 0.335 e. The van der Waals surface area contributed by atoms with Crippen molar-refractivity contribution in [3.8, 4) is 0 Å². The fraction of sp³-hybridized carbons (Fsp3) is 0.467. The summed E-state index contributed by atoms with van der Waals surface area (Å²) in [4.78, 5) is 22.9. The number of unbranched alkanes of at least 4 members (excludes halogenated alkanes) is 1. The van der Waals surface area contributed by atoms with Gasteiger partial charge >= 0.3 is 5.97 Å². The average Bonchev–Trinajstić information content (AvgIpc) is 2.41. The minimum absolute atomic E-state index is 0.0525. The van der Waals surface area contributed by atoms with Gasteiger partial charge in [0.2, 0.25) is 5.91 Å². The minimum Gasteiger partial charge on any atom is -0.478 e. The van der Waals surface area contributed by atoms with Crippen molar-refractivity contribution in [2.75, 3.05) is 5.32 Å². The molecule has 0 aliphatic heterocycles. The van der Waals surface area contributed by atoms with Crippen LogP contribution in [-0.4, -0.2) is 17.0 Å². The Morgan fingerprint density at radius 2 is 2.05 bits per heavy atom. The Morgan fingerprint density at radius 3 is 2.60 bits per heavy atom. The predicted molar refractivity (Wildman–Crippen MR) is 75.3 cm³/mol. The van der Waals surface area contributed by atoms with Crippen molar-refractivity contribution in [3.63, 3.8) is 0 Å². The average molecular weight is 281 g/mol. The number of carboxylic acids is 1. The number of benzene rings is 1. The molecule has 0 saturated heterocycles. The topological polar surface area (TPSA) is 66.4 Å². The maximum Gasteiger partial charge on any atom is 0.335 e. The SMILES string of the molecule is CCCCC(CC)C(=O)Nc1cc(C(=O)O)ccc1F. The van der Waals surface area contributed by atoms with E-state index in [9.17, 15) is 14.0 Å². The highest BCUT2D eigenvalue weighted by atomic mass is 19.1. The summed E-state index contributed by atoms with van der Waals surface area (Å²) in [7, 11) is 0. The molecule has 0 fully saturated rings. The molecule has 1 aromatic rings. The van der Waals surface area contributed by atoms with Gasteiger partial charge < -0.3 is 10.4 Å². The Kier molecular flexibility index (Phi) is 6.15. The van der Waals surface area contributed by atoms with Gasteiger partial charge in [0.25, 0.3) is 0 Å². The number of carboxylic acid groups (broad SMARTS) is 1. The van der Waals surface area contributed by atoms with Crippen LogP contribution in [0, 0.1) is 11.7 Å². The van der Waals surface area contributed by atoms with Gasteiger partial charge in [-0.2, -0.15) is 0 Å². The fourth-order valence-corrected chi connectivity index (χ4v) is 1.96. The molecular weight excluding hydrogens is 261 g/mol. The Bertz CT molecular complexity index is 488. The zero-order valence-corrected chi connectivity index (χ0v) is 11.8. The van der Waals surface area contributed by atoms with Crippen LogP contribution in [0.1, 0.15) is 49.9 Å². The molecule has 1 rings (SSSR count). The molecule has 0 radical (unpaired) electrons. The molecule has 110 valence electrons. The Morgan fingerprint density at radius 1 is 1.35 bits per heavy atom. The third kappa shape index (κ3) is 4.33. The van der Waals surface area contributed by atoms with Gasteiger partial charge in [-0.15, -0.1) is 0 Å². The number of aromatic carboxylic acids is 1. The van der Waals surface area contributed by atoms with E-state index in [1.807, 2.05) is 13.8 Å². The minimum atomic E-state index is -1.15. The van der Waals surface area contributed by atoms with Gasteiger partial charge in [0.05, 0.1) is 11.3 Å². The van der Waals surface area contributed by atoms with E-state index in [0.717, 1.165) is 31.4 Å². The normalized spacial score (nSPS) is 11.9. The Balaban J connectivity index is 2.83. The van der Waals surface area contributed by atoms with Gasteiger partial charge in [-0.1, -0.05) is 26.7 Å². The van der Waals surface area contributed by atoms with E-state index >= 15 is 0 Å². The van der Waals surface area contributed by atoms with Crippen LogP contribution in [0.2, 0.25) is 0 Å². The molecule has 5 heteroatoms. The number of rotatable bonds is 7. The van der Waals surface area contributed by atoms with E-state index < -0.39 is 11.8 Å². The van der Waals surface area contributed by atoms with E-state index in [4.69, 9.17) is 5.11 Å². The molecule has 1 amide bonds. The molecule has 0 heterocycles. The van der Waals surface area contributed by atoms with E-state index in [0.29, 0.717) is 6.42 Å². The second-order valence-electron chi connectivity index (χ2n) is 4.74. The van der Waals surface area contributed by atoms with Crippen LogP contribution in [0.3, 0.4) is 0 Å². The standard InChI is InChI=1S/C15H20FNO3/c1-3-5-6-10(4-2)14(18)17-13-9-11(15(19)20)7-8-12(13)16/h7-10H,3-6H2,1-2H3,(H,17,18)(H,19,20). The van der Waals surface area contributed by atoms with Crippen LogP contribution in [-0.2, 0) is 4.79 Å². The Hall–Kier alpha value is -1.91. The maximum absolute atomic E-state index is 13.6. The number of carbonyl (C=O) groups excluding carboxylic acids is 1. The highest BCUT2D eigenvalue weighted by Gasteiger charge is 2.18. The zero-order chi connectivity index (χ0) is 15.1. The number of amides is 1. The highest BCUT2D eigenvalue weighted by Crippen LogP contribution is 2.20. The first-order valence-corrected chi connectivity index (χ1v) is 6.83. The summed E-state index contributed by atoms with van der Waals surface area (Å²) in [5.74, 6) is -2.22. The van der Waals surface area contributed by atoms with Gasteiger partial charge in [0, 0.05) is 5.92 Å². The van der Waals surface area contributed by atoms with Crippen molar-refractivity contribution < 1.29 is 19.1 Å². The number of anilines is 1. The molecule has 0 aromatic heterocycles. The maximum atomic E-state index is 13.6. The van der Waals surface area contributed by atoms with Crippen LogP contribution in [0.4, 0.5) is 10.1 Å². The van der Waals surface area contributed by atoms with E-state index in [1.165, 1.54) is 6.07 Å². The number of hydrogen-bond donors (Lipinski definition) is 2. The second kappa shape index (κ2) is 7.62. The summed E-state index contributed by atoms with van der Waals surface area (Å²) in [6.45, 7) is 3.95. The lowest BCUT2D eigenvalue weighted by Crippen LogP contribution is -2.23. The predicted octanol–water partition coefficient (Wildman–Crippen LogP) is 3.68. The largest absolute Gasteiger partial charge is 0.478 e. The molecule has 0 spiro atoms. The van der Waals surface area contributed by atoms with E-state index in [1.54, 1.807) is 0 Å². The summed E-state index contributed by atoms with van der Waals surface area (Å²) in [6.07, 6.45) is 3.35. The zero-order valence-electron chi connectivity index (χ0n) is 11.8. The molecule has 0 aliphatic carbocycles.